The van der Waals surface area contributed by atoms with E-state index in [1.54, 1.807) is 5.56 Å². The number of aryl methyl sites for hydroxylation is 1. The quantitative estimate of drug-likeness (QED) is 0.755. The summed E-state index contributed by atoms with van der Waals surface area (Å²) in [6.07, 6.45) is 5.80. The monoisotopic (exact) mass is 376 g/mol. The SMILES string of the molecule is CC(C)(C)NC1Cc2ccc(CC(C)(C)NC3CCc4ccccc43)cc2C1. The van der Waals surface area contributed by atoms with E-state index in [4.69, 9.17) is 0 Å². The van der Waals surface area contributed by atoms with Gasteiger partial charge in [0.1, 0.15) is 0 Å². The molecule has 0 bridgehead atoms. The van der Waals surface area contributed by atoms with Gasteiger partial charge in [0.2, 0.25) is 0 Å². The van der Waals surface area contributed by atoms with Crippen molar-refractivity contribution in [3.8, 4) is 0 Å². The molecule has 2 aliphatic carbocycles. The van der Waals surface area contributed by atoms with Gasteiger partial charge >= 0.3 is 0 Å². The van der Waals surface area contributed by atoms with Crippen molar-refractivity contribution in [2.45, 2.75) is 89.9 Å². The number of hydrogen-bond donors (Lipinski definition) is 2. The van der Waals surface area contributed by atoms with Crippen LogP contribution in [0, 0.1) is 0 Å². The maximum Gasteiger partial charge on any atom is 0.0330 e. The van der Waals surface area contributed by atoms with E-state index in [9.17, 15) is 0 Å². The van der Waals surface area contributed by atoms with E-state index in [0.717, 1.165) is 19.3 Å². The van der Waals surface area contributed by atoms with Crippen LogP contribution in [-0.4, -0.2) is 17.1 Å². The predicted octanol–water partition coefficient (Wildman–Crippen LogP) is 5.14. The zero-order chi connectivity index (χ0) is 19.9. The van der Waals surface area contributed by atoms with E-state index < -0.39 is 0 Å². The molecule has 2 aromatic rings. The fraction of sp³-hybridized carbons (Fsp3) is 0.538. The van der Waals surface area contributed by atoms with Crippen molar-refractivity contribution in [3.05, 3.63) is 70.3 Å². The molecule has 0 fully saturated rings. The van der Waals surface area contributed by atoms with Gasteiger partial charge in [0.15, 0.2) is 0 Å². The van der Waals surface area contributed by atoms with Crippen LogP contribution in [0.15, 0.2) is 42.5 Å². The second-order valence-corrected chi connectivity index (χ2v) is 10.6. The smallest absolute Gasteiger partial charge is 0.0330 e. The van der Waals surface area contributed by atoms with Gasteiger partial charge in [-0.25, -0.2) is 0 Å². The van der Waals surface area contributed by atoms with Crippen molar-refractivity contribution in [2.75, 3.05) is 0 Å². The fourth-order valence-electron chi connectivity index (χ4n) is 5.24. The van der Waals surface area contributed by atoms with E-state index in [1.807, 2.05) is 0 Å². The van der Waals surface area contributed by atoms with Crippen molar-refractivity contribution in [1.82, 2.24) is 10.6 Å². The van der Waals surface area contributed by atoms with Crippen LogP contribution in [0.4, 0.5) is 0 Å². The molecule has 150 valence electrons. The van der Waals surface area contributed by atoms with Crippen molar-refractivity contribution < 1.29 is 0 Å². The van der Waals surface area contributed by atoms with Crippen LogP contribution in [0.3, 0.4) is 0 Å². The Balaban J connectivity index is 1.42. The minimum Gasteiger partial charge on any atom is -0.309 e. The van der Waals surface area contributed by atoms with Crippen molar-refractivity contribution in [3.63, 3.8) is 0 Å². The second-order valence-electron chi connectivity index (χ2n) is 10.6. The first-order valence-electron chi connectivity index (χ1n) is 10.9. The minimum atomic E-state index is 0.0814. The predicted molar refractivity (Wildman–Crippen MR) is 119 cm³/mol. The van der Waals surface area contributed by atoms with Gasteiger partial charge in [0.25, 0.3) is 0 Å². The average Bonchev–Trinajstić information content (AvgIpc) is 3.16. The Hall–Kier alpha value is -1.64. The summed E-state index contributed by atoms with van der Waals surface area (Å²) in [7, 11) is 0. The molecule has 0 saturated carbocycles. The molecule has 4 rings (SSSR count). The number of hydrogen-bond acceptors (Lipinski definition) is 2. The lowest BCUT2D eigenvalue weighted by Gasteiger charge is -2.31. The molecule has 0 aromatic heterocycles. The molecule has 2 unspecified atom stereocenters. The van der Waals surface area contributed by atoms with E-state index in [0.29, 0.717) is 12.1 Å². The Morgan fingerprint density at radius 2 is 1.61 bits per heavy atom. The van der Waals surface area contributed by atoms with Crippen molar-refractivity contribution in [1.29, 1.82) is 0 Å². The summed E-state index contributed by atoms with van der Waals surface area (Å²) in [6.45, 7) is 11.5. The molecule has 2 heteroatoms. The first-order valence-corrected chi connectivity index (χ1v) is 10.9. The van der Waals surface area contributed by atoms with Crippen LogP contribution in [0.1, 0.15) is 74.9 Å². The summed E-state index contributed by atoms with van der Waals surface area (Å²) in [6, 6.07) is 17.2. The molecule has 28 heavy (non-hydrogen) atoms. The first-order chi connectivity index (χ1) is 13.2. The highest BCUT2D eigenvalue weighted by Gasteiger charge is 2.29. The van der Waals surface area contributed by atoms with Crippen molar-refractivity contribution in [2.24, 2.45) is 0 Å². The average molecular weight is 377 g/mol. The molecule has 0 radical (unpaired) electrons. The molecule has 2 atom stereocenters. The third-order valence-corrected chi connectivity index (χ3v) is 6.18. The molecular formula is C26H36N2. The second kappa shape index (κ2) is 7.31. The highest BCUT2D eigenvalue weighted by molar-refractivity contribution is 5.38. The molecule has 2 aromatic carbocycles. The number of benzene rings is 2. The summed E-state index contributed by atoms with van der Waals surface area (Å²) in [4.78, 5) is 0. The zero-order valence-corrected chi connectivity index (χ0v) is 18.2. The first kappa shape index (κ1) is 19.7. The Morgan fingerprint density at radius 3 is 2.39 bits per heavy atom. The molecular weight excluding hydrogens is 340 g/mol. The molecule has 0 saturated heterocycles. The zero-order valence-electron chi connectivity index (χ0n) is 18.2. The summed E-state index contributed by atoms with van der Waals surface area (Å²) in [5.74, 6) is 0. The van der Waals surface area contributed by atoms with Gasteiger partial charge in [-0.1, -0.05) is 42.5 Å². The summed E-state index contributed by atoms with van der Waals surface area (Å²) < 4.78 is 0. The third kappa shape index (κ3) is 4.50. The normalized spacial score (nSPS) is 21.6. The van der Waals surface area contributed by atoms with Gasteiger partial charge in [0, 0.05) is 23.2 Å². The van der Waals surface area contributed by atoms with Gasteiger partial charge in [-0.05, 0) is 94.5 Å². The summed E-state index contributed by atoms with van der Waals surface area (Å²) in [5, 5.41) is 7.73. The Labute approximate surface area is 171 Å². The maximum atomic E-state index is 3.96. The lowest BCUT2D eigenvalue weighted by Crippen LogP contribution is -2.44. The molecule has 2 aliphatic rings. The van der Waals surface area contributed by atoms with Crippen LogP contribution in [0.25, 0.3) is 0 Å². The molecule has 2 nitrogen and oxygen atoms in total. The molecule has 0 amide bonds. The molecule has 0 spiro atoms. The lowest BCUT2D eigenvalue weighted by molar-refractivity contribution is 0.332. The fourth-order valence-corrected chi connectivity index (χ4v) is 5.24. The summed E-state index contributed by atoms with van der Waals surface area (Å²) >= 11 is 0. The van der Waals surface area contributed by atoms with Crippen molar-refractivity contribution >= 4 is 0 Å². The molecule has 0 aliphatic heterocycles. The number of rotatable bonds is 5. The van der Waals surface area contributed by atoms with Crippen LogP contribution >= 0.6 is 0 Å². The van der Waals surface area contributed by atoms with E-state index in [-0.39, 0.29) is 11.1 Å². The minimum absolute atomic E-state index is 0.0814. The van der Waals surface area contributed by atoms with Gasteiger partial charge in [-0.15, -0.1) is 0 Å². The van der Waals surface area contributed by atoms with E-state index in [2.05, 4.69) is 87.7 Å². The highest BCUT2D eigenvalue weighted by atomic mass is 15.0. The molecule has 2 N–H and O–H groups in total. The Kier molecular flexibility index (Phi) is 5.14. The maximum absolute atomic E-state index is 3.96. The van der Waals surface area contributed by atoms with E-state index >= 15 is 0 Å². The van der Waals surface area contributed by atoms with E-state index in [1.165, 1.54) is 35.1 Å². The Morgan fingerprint density at radius 1 is 0.857 bits per heavy atom. The number of fused-ring (bicyclic) bond motifs is 2. The number of nitrogens with one attached hydrogen (secondary N) is 2. The standard InChI is InChI=1S/C26H36N2/c1-25(2,3)27-22-15-20-11-10-18(14-21(20)16-22)17-26(4,5)28-24-13-12-19-8-6-7-9-23(19)24/h6-11,14,22,24,27-28H,12-13,15-17H2,1-5H3. The van der Waals surface area contributed by atoms with Crippen LogP contribution in [-0.2, 0) is 25.7 Å². The Bertz CT molecular complexity index is 844. The van der Waals surface area contributed by atoms with Crippen LogP contribution in [0.2, 0.25) is 0 Å². The lowest BCUT2D eigenvalue weighted by atomic mass is 9.91. The van der Waals surface area contributed by atoms with Crippen LogP contribution < -0.4 is 10.6 Å². The summed E-state index contributed by atoms with van der Waals surface area (Å²) in [5.41, 5.74) is 7.81. The van der Waals surface area contributed by atoms with Crippen LogP contribution in [0.5, 0.6) is 0 Å². The van der Waals surface area contributed by atoms with Gasteiger partial charge in [0.05, 0.1) is 0 Å². The molecule has 0 heterocycles. The van der Waals surface area contributed by atoms with Gasteiger partial charge in [-0.2, -0.15) is 0 Å². The topological polar surface area (TPSA) is 24.1 Å². The highest BCUT2D eigenvalue weighted by Crippen LogP contribution is 2.33. The third-order valence-electron chi connectivity index (χ3n) is 6.18. The largest absolute Gasteiger partial charge is 0.309 e. The van der Waals surface area contributed by atoms with Gasteiger partial charge < -0.3 is 10.6 Å². The van der Waals surface area contributed by atoms with Gasteiger partial charge in [-0.3, -0.25) is 0 Å².